The third kappa shape index (κ3) is 6.87. The van der Waals surface area contributed by atoms with Gasteiger partial charge in [0.15, 0.2) is 11.6 Å². The van der Waals surface area contributed by atoms with Crippen LogP contribution >= 0.6 is 0 Å². The predicted octanol–water partition coefficient (Wildman–Crippen LogP) is 4.66. The van der Waals surface area contributed by atoms with Crippen LogP contribution in [0.1, 0.15) is 35.7 Å². The Morgan fingerprint density at radius 3 is 2.11 bits per heavy atom. The van der Waals surface area contributed by atoms with Crippen LogP contribution in [0.15, 0.2) is 42.5 Å². The van der Waals surface area contributed by atoms with Gasteiger partial charge in [-0.3, -0.25) is 4.90 Å². The van der Waals surface area contributed by atoms with Crippen LogP contribution in [-0.4, -0.2) is 66.0 Å². The maximum absolute atomic E-state index is 13.8. The highest BCUT2D eigenvalue weighted by molar-refractivity contribution is 5.88. The van der Waals surface area contributed by atoms with Gasteiger partial charge in [0.05, 0.1) is 12.2 Å². The molecule has 7 nitrogen and oxygen atoms in total. The molecule has 0 bridgehead atoms. The van der Waals surface area contributed by atoms with Crippen LogP contribution in [0.2, 0.25) is 0 Å². The van der Waals surface area contributed by atoms with Crippen LogP contribution in [0, 0.1) is 11.2 Å². The molecule has 1 spiro atoms. The van der Waals surface area contributed by atoms with E-state index in [-0.39, 0.29) is 5.82 Å². The maximum Gasteiger partial charge on any atom is 0.490 e. The summed E-state index contributed by atoms with van der Waals surface area (Å²) in [4.78, 5) is 24.6. The first kappa shape index (κ1) is 27.3. The van der Waals surface area contributed by atoms with Gasteiger partial charge in [0.25, 0.3) is 0 Å². The SMILES string of the molecule is CCOc1cc(CN2CCC3(CC2)CN(c2ccc(C(=O)O)cc2)C3)ccc1F.O=C(O)C(F)(F)F. The highest BCUT2D eigenvalue weighted by Gasteiger charge is 2.44. The Morgan fingerprint density at radius 1 is 1.03 bits per heavy atom. The van der Waals surface area contributed by atoms with Gasteiger partial charge in [-0.15, -0.1) is 0 Å². The van der Waals surface area contributed by atoms with Gasteiger partial charge < -0.3 is 19.8 Å². The van der Waals surface area contributed by atoms with E-state index in [2.05, 4.69) is 9.80 Å². The highest BCUT2D eigenvalue weighted by Crippen LogP contribution is 2.42. The third-order valence-corrected chi connectivity index (χ3v) is 6.39. The monoisotopic (exact) mass is 512 g/mol. The van der Waals surface area contributed by atoms with Crippen molar-refractivity contribution in [3.05, 3.63) is 59.4 Å². The number of anilines is 1. The maximum atomic E-state index is 13.8. The molecule has 2 fully saturated rings. The summed E-state index contributed by atoms with van der Waals surface area (Å²) in [7, 11) is 0. The van der Waals surface area contributed by atoms with E-state index in [1.807, 2.05) is 31.2 Å². The lowest BCUT2D eigenvalue weighted by atomic mass is 9.71. The summed E-state index contributed by atoms with van der Waals surface area (Å²) >= 11 is 0. The van der Waals surface area contributed by atoms with Crippen molar-refractivity contribution in [1.29, 1.82) is 0 Å². The lowest BCUT2D eigenvalue weighted by molar-refractivity contribution is -0.192. The molecule has 0 aliphatic carbocycles. The van der Waals surface area contributed by atoms with Crippen molar-refractivity contribution in [1.82, 2.24) is 4.90 Å². The van der Waals surface area contributed by atoms with E-state index in [0.29, 0.717) is 23.3 Å². The Labute approximate surface area is 205 Å². The first-order valence-electron chi connectivity index (χ1n) is 11.4. The smallest absolute Gasteiger partial charge is 0.490 e. The fourth-order valence-electron chi connectivity index (χ4n) is 4.43. The number of likely N-dealkylation sites (tertiary alicyclic amines) is 1. The number of piperidine rings is 1. The van der Waals surface area contributed by atoms with Gasteiger partial charge in [-0.25, -0.2) is 14.0 Å². The molecule has 0 saturated carbocycles. The number of hydrogen-bond acceptors (Lipinski definition) is 5. The lowest BCUT2D eigenvalue weighted by Crippen LogP contribution is -2.60. The summed E-state index contributed by atoms with van der Waals surface area (Å²) in [6, 6.07) is 12.3. The number of carboxylic acid groups (broad SMARTS) is 2. The van der Waals surface area contributed by atoms with Gasteiger partial charge in [-0.2, -0.15) is 13.2 Å². The number of aliphatic carboxylic acids is 1. The average molecular weight is 513 g/mol. The summed E-state index contributed by atoms with van der Waals surface area (Å²) in [5, 5.41) is 16.2. The predicted molar refractivity (Wildman–Crippen MR) is 124 cm³/mol. The molecule has 36 heavy (non-hydrogen) atoms. The van der Waals surface area contributed by atoms with E-state index >= 15 is 0 Å². The molecule has 2 aromatic rings. The van der Waals surface area contributed by atoms with E-state index in [1.165, 1.54) is 6.07 Å². The number of carboxylic acids is 2. The zero-order valence-corrected chi connectivity index (χ0v) is 19.7. The molecule has 2 aromatic carbocycles. The number of ether oxygens (including phenoxy) is 1. The van der Waals surface area contributed by atoms with Crippen molar-refractivity contribution < 1.29 is 42.1 Å². The minimum atomic E-state index is -5.08. The summed E-state index contributed by atoms with van der Waals surface area (Å²) < 4.78 is 50.9. The molecular weight excluding hydrogens is 484 g/mol. The molecule has 2 aliphatic rings. The Hall–Kier alpha value is -3.34. The molecular formula is C25H28F4N2O5. The first-order valence-corrected chi connectivity index (χ1v) is 11.4. The summed E-state index contributed by atoms with van der Waals surface area (Å²) in [5.41, 5.74) is 2.87. The zero-order chi connectivity index (χ0) is 26.5. The molecule has 0 atom stereocenters. The van der Waals surface area contributed by atoms with Gasteiger partial charge in [0.1, 0.15) is 0 Å². The number of aromatic carboxylic acids is 1. The van der Waals surface area contributed by atoms with Gasteiger partial charge in [-0.1, -0.05) is 6.07 Å². The second kappa shape index (κ2) is 11.2. The number of rotatable bonds is 6. The second-order valence-electron chi connectivity index (χ2n) is 8.98. The second-order valence-corrected chi connectivity index (χ2v) is 8.98. The third-order valence-electron chi connectivity index (χ3n) is 6.39. The van der Waals surface area contributed by atoms with Crippen molar-refractivity contribution >= 4 is 17.6 Å². The van der Waals surface area contributed by atoms with Crippen LogP contribution < -0.4 is 9.64 Å². The minimum Gasteiger partial charge on any atom is -0.491 e. The molecule has 2 aliphatic heterocycles. The van der Waals surface area contributed by atoms with Gasteiger partial charge in [0.2, 0.25) is 0 Å². The number of nitrogens with zero attached hydrogens (tertiary/aromatic N) is 2. The number of hydrogen-bond donors (Lipinski definition) is 2. The Bertz CT molecular complexity index is 1060. The highest BCUT2D eigenvalue weighted by atomic mass is 19.4. The summed E-state index contributed by atoms with van der Waals surface area (Å²) in [6.07, 6.45) is -2.79. The first-order chi connectivity index (χ1) is 16.9. The molecule has 2 N–H and O–H groups in total. The molecule has 0 amide bonds. The standard InChI is InChI=1S/C23H27FN2O3.C2HF3O2/c1-2-29-21-13-17(3-8-20(21)24)14-25-11-9-23(10-12-25)15-26(16-23)19-6-4-18(5-7-19)22(27)28;3-2(4,5)1(6)7/h3-8,13H,2,9-12,14-16H2,1H3,(H,27,28);(H,6,7). The molecule has 0 unspecified atom stereocenters. The van der Waals surface area contributed by atoms with Crippen molar-refractivity contribution in [3.8, 4) is 5.75 Å². The molecule has 0 radical (unpaired) electrons. The lowest BCUT2D eigenvalue weighted by Gasteiger charge is -2.55. The molecule has 2 heterocycles. The fourth-order valence-corrected chi connectivity index (χ4v) is 4.43. The summed E-state index contributed by atoms with van der Waals surface area (Å²) in [6.45, 7) is 7.26. The Morgan fingerprint density at radius 2 is 1.61 bits per heavy atom. The zero-order valence-electron chi connectivity index (χ0n) is 19.7. The Balaban J connectivity index is 0.000000454. The van der Waals surface area contributed by atoms with E-state index in [1.54, 1.807) is 12.1 Å². The van der Waals surface area contributed by atoms with Crippen molar-refractivity contribution in [3.63, 3.8) is 0 Å². The minimum absolute atomic E-state index is 0.306. The number of alkyl halides is 3. The summed E-state index contributed by atoms with van der Waals surface area (Å²) in [5.74, 6) is -3.62. The number of halogens is 4. The van der Waals surface area contributed by atoms with Crippen LogP contribution in [0.3, 0.4) is 0 Å². The molecule has 196 valence electrons. The van der Waals surface area contributed by atoms with E-state index in [4.69, 9.17) is 19.7 Å². The van der Waals surface area contributed by atoms with Gasteiger partial charge in [0, 0.05) is 30.7 Å². The van der Waals surface area contributed by atoms with Crippen molar-refractivity contribution in [2.45, 2.75) is 32.5 Å². The molecule has 4 rings (SSSR count). The van der Waals surface area contributed by atoms with Gasteiger partial charge in [-0.05, 0) is 74.8 Å². The van der Waals surface area contributed by atoms with E-state index in [9.17, 15) is 22.4 Å². The largest absolute Gasteiger partial charge is 0.491 e. The van der Waals surface area contributed by atoms with E-state index < -0.39 is 18.1 Å². The van der Waals surface area contributed by atoms with Crippen LogP contribution in [-0.2, 0) is 11.3 Å². The van der Waals surface area contributed by atoms with Gasteiger partial charge >= 0.3 is 18.1 Å². The average Bonchev–Trinajstić information content (AvgIpc) is 2.80. The quantitative estimate of drug-likeness (QED) is 0.545. The Kier molecular flexibility index (Phi) is 8.44. The normalized spacial score (nSPS) is 17.1. The van der Waals surface area contributed by atoms with Crippen molar-refractivity contribution in [2.24, 2.45) is 5.41 Å². The molecule has 2 saturated heterocycles. The topological polar surface area (TPSA) is 90.3 Å². The number of carbonyl (C=O) groups is 2. The van der Waals surface area contributed by atoms with Crippen molar-refractivity contribution in [2.75, 3.05) is 37.7 Å². The number of benzene rings is 2. The van der Waals surface area contributed by atoms with E-state index in [0.717, 1.165) is 56.8 Å². The van der Waals surface area contributed by atoms with Crippen LogP contribution in [0.5, 0.6) is 5.75 Å². The van der Waals surface area contributed by atoms with Crippen LogP contribution in [0.25, 0.3) is 0 Å². The fraction of sp³-hybridized carbons (Fsp3) is 0.440. The molecule has 0 aromatic heterocycles. The molecule has 11 heteroatoms. The van der Waals surface area contributed by atoms with Crippen LogP contribution in [0.4, 0.5) is 23.2 Å².